The standard InChI is InChI=1S/C13H19N3O3/c17-10-13(4-3-5-13)11(18)16(12(19)14-10)9-8-15-6-1-2-7-15/h1-9H2,(H,14,17,19). The summed E-state index contributed by atoms with van der Waals surface area (Å²) >= 11 is 0. The molecule has 3 fully saturated rings. The van der Waals surface area contributed by atoms with E-state index >= 15 is 0 Å². The molecular formula is C13H19N3O3. The van der Waals surface area contributed by atoms with Crippen molar-refractivity contribution in [3.8, 4) is 0 Å². The SMILES string of the molecule is O=C1NC(=O)C2(CCC2)C(=O)N1CCN1CCCC1. The zero-order chi connectivity index (χ0) is 13.5. The van der Waals surface area contributed by atoms with Gasteiger partial charge in [-0.1, -0.05) is 6.42 Å². The Bertz CT molecular complexity index is 425. The molecule has 6 heteroatoms. The van der Waals surface area contributed by atoms with Gasteiger partial charge in [0.2, 0.25) is 11.8 Å². The number of carbonyl (C=O) groups excluding carboxylic acids is 3. The van der Waals surface area contributed by atoms with Crippen molar-refractivity contribution >= 4 is 17.8 Å². The molecule has 2 aliphatic heterocycles. The third-order valence-corrected chi connectivity index (χ3v) is 4.60. The van der Waals surface area contributed by atoms with Gasteiger partial charge < -0.3 is 4.90 Å². The second-order valence-electron chi connectivity index (χ2n) is 5.70. The summed E-state index contributed by atoms with van der Waals surface area (Å²) in [5, 5.41) is 2.34. The fourth-order valence-corrected chi connectivity index (χ4v) is 3.15. The van der Waals surface area contributed by atoms with Crippen molar-refractivity contribution in [2.24, 2.45) is 5.41 Å². The molecule has 0 aromatic carbocycles. The number of imide groups is 2. The zero-order valence-corrected chi connectivity index (χ0v) is 11.0. The van der Waals surface area contributed by atoms with Crippen LogP contribution >= 0.6 is 0 Å². The normalized spacial score (nSPS) is 26.7. The molecule has 0 atom stereocenters. The van der Waals surface area contributed by atoms with Crippen LogP contribution in [0.4, 0.5) is 4.79 Å². The Balaban J connectivity index is 1.67. The average molecular weight is 265 g/mol. The molecule has 1 spiro atoms. The second kappa shape index (κ2) is 4.59. The lowest BCUT2D eigenvalue weighted by Crippen LogP contribution is -2.66. The molecule has 0 aromatic heterocycles. The Kier molecular flexibility index (Phi) is 3.05. The van der Waals surface area contributed by atoms with Crippen LogP contribution in [-0.2, 0) is 9.59 Å². The Morgan fingerprint density at radius 1 is 1.00 bits per heavy atom. The number of barbiturate groups is 1. The van der Waals surface area contributed by atoms with E-state index < -0.39 is 17.4 Å². The summed E-state index contributed by atoms with van der Waals surface area (Å²) < 4.78 is 0. The number of urea groups is 1. The van der Waals surface area contributed by atoms with Crippen molar-refractivity contribution in [2.75, 3.05) is 26.2 Å². The molecule has 104 valence electrons. The molecule has 19 heavy (non-hydrogen) atoms. The van der Waals surface area contributed by atoms with Crippen LogP contribution in [0.15, 0.2) is 0 Å². The van der Waals surface area contributed by atoms with Crippen LogP contribution in [-0.4, -0.2) is 53.8 Å². The van der Waals surface area contributed by atoms with E-state index in [2.05, 4.69) is 10.2 Å². The van der Waals surface area contributed by atoms with Crippen LogP contribution in [0.1, 0.15) is 32.1 Å². The number of amides is 4. The summed E-state index contributed by atoms with van der Waals surface area (Å²) in [5.41, 5.74) is -0.932. The largest absolute Gasteiger partial charge is 0.330 e. The summed E-state index contributed by atoms with van der Waals surface area (Å²) in [6.07, 6.45) is 4.40. The van der Waals surface area contributed by atoms with Gasteiger partial charge in [0.15, 0.2) is 0 Å². The van der Waals surface area contributed by atoms with Gasteiger partial charge in [0.1, 0.15) is 5.41 Å². The van der Waals surface area contributed by atoms with Gasteiger partial charge in [-0.05, 0) is 38.8 Å². The molecule has 1 saturated carbocycles. The first-order valence-corrected chi connectivity index (χ1v) is 7.03. The van der Waals surface area contributed by atoms with E-state index in [9.17, 15) is 14.4 Å². The van der Waals surface area contributed by atoms with Crippen molar-refractivity contribution in [3.63, 3.8) is 0 Å². The van der Waals surface area contributed by atoms with Gasteiger partial charge in [-0.25, -0.2) is 4.79 Å². The first-order valence-electron chi connectivity index (χ1n) is 7.03. The van der Waals surface area contributed by atoms with E-state index in [1.807, 2.05) is 0 Å². The van der Waals surface area contributed by atoms with Gasteiger partial charge in [-0.3, -0.25) is 19.8 Å². The number of hydrogen-bond acceptors (Lipinski definition) is 4. The van der Waals surface area contributed by atoms with E-state index in [4.69, 9.17) is 0 Å². The molecule has 0 radical (unpaired) electrons. The quantitative estimate of drug-likeness (QED) is 0.747. The molecule has 6 nitrogen and oxygen atoms in total. The fourth-order valence-electron chi connectivity index (χ4n) is 3.15. The fraction of sp³-hybridized carbons (Fsp3) is 0.769. The maximum atomic E-state index is 12.4. The molecular weight excluding hydrogens is 246 g/mol. The van der Waals surface area contributed by atoms with Crippen molar-refractivity contribution in [1.82, 2.24) is 15.1 Å². The van der Waals surface area contributed by atoms with Crippen molar-refractivity contribution in [1.29, 1.82) is 0 Å². The monoisotopic (exact) mass is 265 g/mol. The van der Waals surface area contributed by atoms with E-state index in [0.29, 0.717) is 25.9 Å². The third kappa shape index (κ3) is 1.94. The Hall–Kier alpha value is -1.43. The number of hydrogen-bond donors (Lipinski definition) is 1. The van der Waals surface area contributed by atoms with E-state index in [-0.39, 0.29) is 5.91 Å². The molecule has 1 aliphatic carbocycles. The van der Waals surface area contributed by atoms with E-state index in [1.165, 1.54) is 17.7 Å². The first kappa shape index (κ1) is 12.6. The molecule has 4 amide bonds. The minimum atomic E-state index is -0.932. The predicted octanol–water partition coefficient (Wildman–Crippen LogP) is 0.331. The van der Waals surface area contributed by atoms with Crippen molar-refractivity contribution < 1.29 is 14.4 Å². The number of rotatable bonds is 3. The number of nitrogens with one attached hydrogen (secondary N) is 1. The molecule has 2 saturated heterocycles. The highest BCUT2D eigenvalue weighted by Crippen LogP contribution is 2.44. The smallest absolute Gasteiger partial charge is 0.302 e. The summed E-state index contributed by atoms with van der Waals surface area (Å²) in [5.74, 6) is -0.683. The molecule has 1 N–H and O–H groups in total. The number of likely N-dealkylation sites (tertiary alicyclic amines) is 1. The lowest BCUT2D eigenvalue weighted by atomic mass is 9.66. The Morgan fingerprint density at radius 3 is 2.26 bits per heavy atom. The van der Waals surface area contributed by atoms with Crippen LogP contribution in [0.5, 0.6) is 0 Å². The summed E-state index contributed by atoms with van der Waals surface area (Å²) in [6.45, 7) is 3.17. The van der Waals surface area contributed by atoms with E-state index in [0.717, 1.165) is 19.5 Å². The average Bonchev–Trinajstić information content (AvgIpc) is 2.79. The van der Waals surface area contributed by atoms with Gasteiger partial charge in [-0.15, -0.1) is 0 Å². The summed E-state index contributed by atoms with van der Waals surface area (Å²) in [4.78, 5) is 39.5. The highest BCUT2D eigenvalue weighted by Gasteiger charge is 2.57. The van der Waals surface area contributed by atoms with Gasteiger partial charge >= 0.3 is 6.03 Å². The van der Waals surface area contributed by atoms with Crippen molar-refractivity contribution in [3.05, 3.63) is 0 Å². The van der Waals surface area contributed by atoms with Gasteiger partial charge in [0.05, 0.1) is 0 Å². The van der Waals surface area contributed by atoms with E-state index in [1.54, 1.807) is 0 Å². The molecule has 0 aromatic rings. The van der Waals surface area contributed by atoms with Gasteiger partial charge in [0, 0.05) is 13.1 Å². The molecule has 3 rings (SSSR count). The minimum absolute atomic E-state index is 0.285. The number of nitrogens with zero attached hydrogens (tertiary/aromatic N) is 2. The second-order valence-corrected chi connectivity index (χ2v) is 5.70. The topological polar surface area (TPSA) is 69.7 Å². The highest BCUT2D eigenvalue weighted by atomic mass is 16.2. The molecule has 0 bridgehead atoms. The highest BCUT2D eigenvalue weighted by molar-refractivity contribution is 6.19. The van der Waals surface area contributed by atoms with Gasteiger partial charge in [-0.2, -0.15) is 0 Å². The Labute approximate surface area is 112 Å². The van der Waals surface area contributed by atoms with Crippen LogP contribution in [0.2, 0.25) is 0 Å². The molecule has 2 heterocycles. The maximum Gasteiger partial charge on any atom is 0.330 e. The maximum absolute atomic E-state index is 12.4. The zero-order valence-electron chi connectivity index (χ0n) is 11.0. The van der Waals surface area contributed by atoms with Crippen LogP contribution in [0, 0.1) is 5.41 Å². The van der Waals surface area contributed by atoms with Gasteiger partial charge in [0.25, 0.3) is 0 Å². The first-order chi connectivity index (χ1) is 9.13. The van der Waals surface area contributed by atoms with Crippen LogP contribution in [0.25, 0.3) is 0 Å². The predicted molar refractivity (Wildman–Crippen MR) is 67.2 cm³/mol. The lowest BCUT2D eigenvalue weighted by molar-refractivity contribution is -0.157. The summed E-state index contributed by atoms with van der Waals surface area (Å²) in [6, 6.07) is -0.549. The van der Waals surface area contributed by atoms with Crippen LogP contribution in [0.3, 0.4) is 0 Å². The van der Waals surface area contributed by atoms with Crippen LogP contribution < -0.4 is 5.32 Å². The lowest BCUT2D eigenvalue weighted by Gasteiger charge is -2.44. The number of carbonyl (C=O) groups is 3. The minimum Gasteiger partial charge on any atom is -0.302 e. The summed E-state index contributed by atoms with van der Waals surface area (Å²) in [7, 11) is 0. The van der Waals surface area contributed by atoms with Crippen molar-refractivity contribution in [2.45, 2.75) is 32.1 Å². The molecule has 0 unspecified atom stereocenters. The third-order valence-electron chi connectivity index (χ3n) is 4.60. The molecule has 3 aliphatic rings. The Morgan fingerprint density at radius 2 is 1.68 bits per heavy atom.